The number of amides is 1. The minimum atomic E-state index is 0.373. The summed E-state index contributed by atoms with van der Waals surface area (Å²) in [5.74, 6) is 1.97. The third-order valence-corrected chi connectivity index (χ3v) is 5.42. The van der Waals surface area contributed by atoms with Crippen LogP contribution in [0.4, 0.5) is 11.8 Å². The fourth-order valence-electron chi connectivity index (χ4n) is 3.89. The highest BCUT2D eigenvalue weighted by atomic mass is 35.5. The Balaban J connectivity index is 0.00000124. The summed E-state index contributed by atoms with van der Waals surface area (Å²) in [6.07, 6.45) is 2.63. The number of carbonyl (C=O) groups excluding carboxylic acids is 1. The number of rotatable bonds is 5. The molecule has 1 fully saturated rings. The summed E-state index contributed by atoms with van der Waals surface area (Å²) >= 11 is 6.17. The van der Waals surface area contributed by atoms with Crippen molar-refractivity contribution < 1.29 is 4.79 Å². The van der Waals surface area contributed by atoms with E-state index in [4.69, 9.17) is 11.6 Å². The van der Waals surface area contributed by atoms with Gasteiger partial charge in [0.2, 0.25) is 12.4 Å². The molecule has 0 radical (unpaired) electrons. The third-order valence-electron chi connectivity index (χ3n) is 5.19. The Labute approximate surface area is 182 Å². The van der Waals surface area contributed by atoms with Gasteiger partial charge in [-0.2, -0.15) is 5.10 Å². The smallest absolute Gasteiger partial charge is 0.213 e. The minimum absolute atomic E-state index is 0.373. The molecule has 3 aromatic rings. The highest BCUT2D eigenvalue weighted by molar-refractivity contribution is 6.30. The Morgan fingerprint density at radius 3 is 2.60 bits per heavy atom. The van der Waals surface area contributed by atoms with Crippen LogP contribution in [0.2, 0.25) is 5.02 Å². The molecule has 2 N–H and O–H groups in total. The predicted octanol–water partition coefficient (Wildman–Crippen LogP) is 4.84. The number of nitrogens with zero attached hydrogens (tertiary/aromatic N) is 4. The number of hydrogen-bond donors (Lipinski definition) is 2. The summed E-state index contributed by atoms with van der Waals surface area (Å²) in [6.45, 7) is 9.84. The maximum atomic E-state index is 10.6. The quantitative estimate of drug-likeness (QED) is 0.569. The maximum Gasteiger partial charge on any atom is 0.213 e. The van der Waals surface area contributed by atoms with Gasteiger partial charge in [-0.3, -0.25) is 10.1 Å². The van der Waals surface area contributed by atoms with Gasteiger partial charge in [0.05, 0.1) is 17.1 Å². The number of anilines is 2. The lowest BCUT2D eigenvalue weighted by atomic mass is 9.92. The molecule has 1 aliphatic rings. The number of aromatic amines is 1. The molecule has 0 unspecified atom stereocenters. The first kappa shape index (κ1) is 21.9. The number of aryl methyl sites for hydroxylation is 2. The van der Waals surface area contributed by atoms with Crippen molar-refractivity contribution in [3.63, 3.8) is 0 Å². The number of piperidine rings is 1. The van der Waals surface area contributed by atoms with Crippen LogP contribution in [0.25, 0.3) is 5.69 Å². The summed E-state index contributed by atoms with van der Waals surface area (Å²) < 4.78 is 1.97. The number of halogens is 1. The molecule has 160 valence electrons. The average molecular weight is 429 g/mol. The molecule has 7 nitrogen and oxygen atoms in total. The lowest BCUT2D eigenvalue weighted by Crippen LogP contribution is -2.34. The highest BCUT2D eigenvalue weighted by Gasteiger charge is 2.26. The SMILES string of the molecule is CC.Cc1cc(N2CCC(c3nc(NC=O)[nH]c3C)CC2)n(-c2cccc(Cl)c2)n1. The van der Waals surface area contributed by atoms with Gasteiger partial charge in [-0.1, -0.05) is 31.5 Å². The van der Waals surface area contributed by atoms with Crippen LogP contribution in [0, 0.1) is 13.8 Å². The van der Waals surface area contributed by atoms with E-state index in [-0.39, 0.29) is 0 Å². The lowest BCUT2D eigenvalue weighted by molar-refractivity contribution is -0.105. The van der Waals surface area contributed by atoms with E-state index in [0.717, 1.165) is 54.5 Å². The lowest BCUT2D eigenvalue weighted by Gasteiger charge is -2.33. The number of hydrogen-bond acceptors (Lipinski definition) is 4. The standard InChI is InChI=1S/C20H23ClN6O.C2H6/c1-13-10-18(27(25-13)17-5-3-4-16(21)11-17)26-8-6-15(7-9-26)19-14(2)23-20(24-19)22-12-28;1-2/h3-5,10-12,15H,6-9H2,1-2H3,(H2,22,23,24,28);1-2H3. The Hall–Kier alpha value is -2.80. The van der Waals surface area contributed by atoms with Gasteiger partial charge < -0.3 is 9.88 Å². The second-order valence-electron chi connectivity index (χ2n) is 7.15. The zero-order valence-corrected chi connectivity index (χ0v) is 18.7. The van der Waals surface area contributed by atoms with Crippen LogP contribution in [0.3, 0.4) is 0 Å². The van der Waals surface area contributed by atoms with Gasteiger partial charge in [0, 0.05) is 35.8 Å². The highest BCUT2D eigenvalue weighted by Crippen LogP contribution is 2.33. The molecular weight excluding hydrogens is 400 g/mol. The molecule has 1 saturated heterocycles. The maximum absolute atomic E-state index is 10.6. The van der Waals surface area contributed by atoms with Gasteiger partial charge in [-0.25, -0.2) is 9.67 Å². The van der Waals surface area contributed by atoms with E-state index in [1.54, 1.807) is 0 Å². The summed E-state index contributed by atoms with van der Waals surface area (Å²) in [5.41, 5.74) is 4.00. The molecule has 0 saturated carbocycles. The van der Waals surface area contributed by atoms with E-state index < -0.39 is 0 Å². The monoisotopic (exact) mass is 428 g/mol. The molecule has 2 aromatic heterocycles. The molecule has 1 aromatic carbocycles. The average Bonchev–Trinajstić information content (AvgIpc) is 3.32. The van der Waals surface area contributed by atoms with Crippen LogP contribution in [0.5, 0.6) is 0 Å². The van der Waals surface area contributed by atoms with Crippen molar-refractivity contribution in [2.45, 2.75) is 46.5 Å². The van der Waals surface area contributed by atoms with Gasteiger partial charge in [-0.15, -0.1) is 0 Å². The Morgan fingerprint density at radius 1 is 1.20 bits per heavy atom. The molecule has 0 atom stereocenters. The Kier molecular flexibility index (Phi) is 7.15. The first-order valence-electron chi connectivity index (χ1n) is 10.4. The van der Waals surface area contributed by atoms with Crippen LogP contribution < -0.4 is 10.2 Å². The number of aromatic nitrogens is 4. The van der Waals surface area contributed by atoms with Gasteiger partial charge in [0.25, 0.3) is 0 Å². The van der Waals surface area contributed by atoms with Gasteiger partial charge in [0.1, 0.15) is 5.82 Å². The summed E-state index contributed by atoms with van der Waals surface area (Å²) in [7, 11) is 0. The molecule has 1 amide bonds. The van der Waals surface area contributed by atoms with Crippen molar-refractivity contribution in [1.82, 2.24) is 19.7 Å². The van der Waals surface area contributed by atoms with Crippen molar-refractivity contribution in [3.8, 4) is 5.69 Å². The van der Waals surface area contributed by atoms with E-state index >= 15 is 0 Å². The van der Waals surface area contributed by atoms with Crippen LogP contribution >= 0.6 is 11.6 Å². The third kappa shape index (κ3) is 4.67. The predicted molar refractivity (Wildman–Crippen MR) is 122 cm³/mol. The van der Waals surface area contributed by atoms with E-state index in [1.807, 2.05) is 56.6 Å². The van der Waals surface area contributed by atoms with Gasteiger partial charge in [-0.05, 0) is 44.9 Å². The molecule has 0 bridgehead atoms. The summed E-state index contributed by atoms with van der Waals surface area (Å²) in [4.78, 5) is 20.7. The second-order valence-corrected chi connectivity index (χ2v) is 7.59. The van der Waals surface area contributed by atoms with E-state index in [0.29, 0.717) is 23.3 Å². The molecule has 0 aliphatic carbocycles. The number of carbonyl (C=O) groups is 1. The van der Waals surface area contributed by atoms with Crippen molar-refractivity contribution in [2.24, 2.45) is 0 Å². The molecule has 4 rings (SSSR count). The van der Waals surface area contributed by atoms with Gasteiger partial charge >= 0.3 is 0 Å². The van der Waals surface area contributed by atoms with E-state index in [1.165, 1.54) is 0 Å². The topological polar surface area (TPSA) is 78.8 Å². The zero-order chi connectivity index (χ0) is 21.7. The van der Waals surface area contributed by atoms with Crippen LogP contribution in [-0.4, -0.2) is 39.2 Å². The van der Waals surface area contributed by atoms with Crippen molar-refractivity contribution in [1.29, 1.82) is 0 Å². The molecule has 8 heteroatoms. The summed E-state index contributed by atoms with van der Waals surface area (Å²) in [6, 6.07) is 9.87. The number of benzene rings is 1. The fourth-order valence-corrected chi connectivity index (χ4v) is 4.07. The summed E-state index contributed by atoms with van der Waals surface area (Å²) in [5, 5.41) is 7.96. The Bertz CT molecular complexity index is 987. The molecule has 30 heavy (non-hydrogen) atoms. The second kappa shape index (κ2) is 9.80. The largest absolute Gasteiger partial charge is 0.356 e. The van der Waals surface area contributed by atoms with Crippen LogP contribution in [-0.2, 0) is 4.79 Å². The van der Waals surface area contributed by atoms with Crippen LogP contribution in [0.15, 0.2) is 30.3 Å². The van der Waals surface area contributed by atoms with Crippen molar-refractivity contribution in [3.05, 3.63) is 52.4 Å². The first-order valence-corrected chi connectivity index (χ1v) is 10.8. The Morgan fingerprint density at radius 2 is 1.93 bits per heavy atom. The molecule has 3 heterocycles. The first-order chi connectivity index (χ1) is 14.5. The molecule has 1 aliphatic heterocycles. The fraction of sp³-hybridized carbons (Fsp3) is 0.409. The minimum Gasteiger partial charge on any atom is -0.356 e. The van der Waals surface area contributed by atoms with Crippen LogP contribution in [0.1, 0.15) is 49.7 Å². The normalized spacial score (nSPS) is 14.2. The molecule has 0 spiro atoms. The van der Waals surface area contributed by atoms with Crippen molar-refractivity contribution in [2.75, 3.05) is 23.3 Å². The zero-order valence-electron chi connectivity index (χ0n) is 17.9. The van der Waals surface area contributed by atoms with Crippen molar-refractivity contribution >= 4 is 29.8 Å². The molecular formula is C22H29ClN6O. The number of imidazole rings is 1. The van der Waals surface area contributed by atoms with E-state index in [2.05, 4.69) is 31.3 Å². The number of H-pyrrole nitrogens is 1. The van der Waals surface area contributed by atoms with E-state index in [9.17, 15) is 4.79 Å². The number of nitrogens with one attached hydrogen (secondary N) is 2. The van der Waals surface area contributed by atoms with Gasteiger partial charge in [0.15, 0.2) is 0 Å².